The molecule has 116 valence electrons. The molecule has 0 aliphatic heterocycles. The van der Waals surface area contributed by atoms with Gasteiger partial charge in [0.1, 0.15) is 11.6 Å². The van der Waals surface area contributed by atoms with Gasteiger partial charge in [0.25, 0.3) is 5.91 Å². The summed E-state index contributed by atoms with van der Waals surface area (Å²) in [6, 6.07) is 2.55. The van der Waals surface area contributed by atoms with Crippen LogP contribution in [-0.2, 0) is 4.79 Å². The summed E-state index contributed by atoms with van der Waals surface area (Å²) >= 11 is 0. The number of rotatable bonds is 7. The Bertz CT molecular complexity index is 509. The molecule has 2 amide bonds. The van der Waals surface area contributed by atoms with Crippen molar-refractivity contribution in [3.05, 3.63) is 35.4 Å². The van der Waals surface area contributed by atoms with Gasteiger partial charge in [-0.15, -0.1) is 0 Å². The fraction of sp³-hybridized carbons (Fsp3) is 0.429. The van der Waals surface area contributed by atoms with Crippen LogP contribution in [0.2, 0.25) is 0 Å². The summed E-state index contributed by atoms with van der Waals surface area (Å²) in [6.07, 6.45) is 0.717. The largest absolute Gasteiger partial charge is 0.391 e. The molecule has 0 radical (unpaired) electrons. The highest BCUT2D eigenvalue weighted by molar-refractivity contribution is 5.96. The van der Waals surface area contributed by atoms with Crippen molar-refractivity contribution < 1.29 is 23.5 Å². The monoisotopic (exact) mass is 300 g/mol. The number of aliphatic hydroxyl groups is 1. The maximum atomic E-state index is 13.3. The summed E-state index contributed by atoms with van der Waals surface area (Å²) in [5, 5.41) is 14.1. The van der Waals surface area contributed by atoms with Crippen molar-refractivity contribution in [3.63, 3.8) is 0 Å². The molecule has 1 rings (SSSR count). The Morgan fingerprint density at radius 2 is 2.00 bits per heavy atom. The summed E-state index contributed by atoms with van der Waals surface area (Å²) in [5.41, 5.74) is -0.338. The first-order chi connectivity index (χ1) is 9.93. The van der Waals surface area contributed by atoms with Crippen LogP contribution in [0.1, 0.15) is 30.1 Å². The highest BCUT2D eigenvalue weighted by Crippen LogP contribution is 2.08. The van der Waals surface area contributed by atoms with Crippen molar-refractivity contribution in [1.29, 1.82) is 0 Å². The van der Waals surface area contributed by atoms with Crippen molar-refractivity contribution in [3.8, 4) is 0 Å². The number of benzene rings is 1. The molecule has 0 saturated carbocycles. The second kappa shape index (κ2) is 8.31. The van der Waals surface area contributed by atoms with Crippen molar-refractivity contribution >= 4 is 11.8 Å². The number of nitrogens with one attached hydrogen (secondary N) is 2. The van der Waals surface area contributed by atoms with E-state index in [4.69, 9.17) is 0 Å². The molecule has 0 aliphatic carbocycles. The number of hydrogen-bond acceptors (Lipinski definition) is 3. The lowest BCUT2D eigenvalue weighted by Gasteiger charge is -2.11. The fourth-order valence-corrected chi connectivity index (χ4v) is 1.66. The van der Waals surface area contributed by atoms with E-state index in [1.165, 1.54) is 0 Å². The molecule has 0 heterocycles. The van der Waals surface area contributed by atoms with E-state index in [0.29, 0.717) is 12.5 Å². The highest BCUT2D eigenvalue weighted by atomic mass is 19.1. The molecule has 0 aromatic heterocycles. The maximum absolute atomic E-state index is 13.3. The van der Waals surface area contributed by atoms with Crippen LogP contribution in [-0.4, -0.2) is 36.1 Å². The van der Waals surface area contributed by atoms with Gasteiger partial charge in [0.2, 0.25) is 5.91 Å². The lowest BCUT2D eigenvalue weighted by Crippen LogP contribution is -2.40. The second-order valence-electron chi connectivity index (χ2n) is 4.55. The van der Waals surface area contributed by atoms with Crippen molar-refractivity contribution in [2.45, 2.75) is 25.9 Å². The summed E-state index contributed by atoms with van der Waals surface area (Å²) < 4.78 is 26.0. The normalized spacial score (nSPS) is 11.8. The van der Waals surface area contributed by atoms with Crippen LogP contribution in [0, 0.1) is 11.6 Å². The van der Waals surface area contributed by atoms with Gasteiger partial charge in [-0.3, -0.25) is 9.59 Å². The summed E-state index contributed by atoms with van der Waals surface area (Å²) in [6.45, 7) is 1.64. The predicted octanol–water partition coefficient (Wildman–Crippen LogP) is 0.972. The highest BCUT2D eigenvalue weighted by Gasteiger charge is 2.13. The lowest BCUT2D eigenvalue weighted by molar-refractivity contribution is -0.120. The van der Waals surface area contributed by atoms with E-state index in [2.05, 4.69) is 10.6 Å². The molecule has 3 N–H and O–H groups in total. The molecule has 1 atom stereocenters. The third-order valence-electron chi connectivity index (χ3n) is 2.74. The van der Waals surface area contributed by atoms with Crippen LogP contribution in [0.15, 0.2) is 18.2 Å². The fourth-order valence-electron chi connectivity index (χ4n) is 1.66. The first-order valence-corrected chi connectivity index (χ1v) is 6.62. The van der Waals surface area contributed by atoms with Crippen molar-refractivity contribution in [2.24, 2.45) is 0 Å². The number of hydrogen-bond donors (Lipinski definition) is 3. The first kappa shape index (κ1) is 17.0. The van der Waals surface area contributed by atoms with Crippen LogP contribution in [0.5, 0.6) is 0 Å². The average molecular weight is 300 g/mol. The number of aliphatic hydroxyl groups excluding tert-OH is 1. The van der Waals surface area contributed by atoms with Crippen LogP contribution < -0.4 is 10.6 Å². The van der Waals surface area contributed by atoms with E-state index in [1.807, 2.05) is 6.92 Å². The van der Waals surface area contributed by atoms with E-state index in [-0.39, 0.29) is 18.7 Å². The quantitative estimate of drug-likeness (QED) is 0.702. The van der Waals surface area contributed by atoms with E-state index >= 15 is 0 Å². The standard InChI is InChI=1S/C14H18F2N2O3/c1-2-3-10(19)7-17-13(20)8-18-14(21)11-5-4-9(15)6-12(11)16/h4-6,10,19H,2-3,7-8H2,1H3,(H,17,20)(H,18,21). The Morgan fingerprint density at radius 1 is 1.29 bits per heavy atom. The van der Waals surface area contributed by atoms with Gasteiger partial charge in [-0.1, -0.05) is 13.3 Å². The molecule has 0 saturated heterocycles. The summed E-state index contributed by atoms with van der Waals surface area (Å²) in [4.78, 5) is 23.1. The molecule has 21 heavy (non-hydrogen) atoms. The minimum atomic E-state index is -0.994. The third-order valence-corrected chi connectivity index (χ3v) is 2.74. The minimum Gasteiger partial charge on any atom is -0.391 e. The number of carbonyl (C=O) groups is 2. The average Bonchev–Trinajstić information content (AvgIpc) is 2.43. The Morgan fingerprint density at radius 3 is 2.62 bits per heavy atom. The smallest absolute Gasteiger partial charge is 0.254 e. The molecule has 0 fully saturated rings. The van der Waals surface area contributed by atoms with Gasteiger partial charge in [0.15, 0.2) is 0 Å². The predicted molar refractivity (Wildman–Crippen MR) is 72.6 cm³/mol. The number of halogens is 2. The summed E-state index contributed by atoms with van der Waals surface area (Å²) in [7, 11) is 0. The van der Waals surface area contributed by atoms with Gasteiger partial charge < -0.3 is 15.7 Å². The zero-order chi connectivity index (χ0) is 15.8. The third kappa shape index (κ3) is 5.86. The molecule has 7 heteroatoms. The van der Waals surface area contributed by atoms with Gasteiger partial charge in [-0.2, -0.15) is 0 Å². The molecule has 0 bridgehead atoms. The molecule has 1 aromatic carbocycles. The van der Waals surface area contributed by atoms with E-state index < -0.39 is 29.6 Å². The van der Waals surface area contributed by atoms with Crippen molar-refractivity contribution in [2.75, 3.05) is 13.1 Å². The molecule has 1 aromatic rings. The Hall–Kier alpha value is -2.02. The minimum absolute atomic E-state index is 0.0907. The van der Waals surface area contributed by atoms with E-state index in [0.717, 1.165) is 18.6 Å². The van der Waals surface area contributed by atoms with E-state index in [9.17, 15) is 23.5 Å². The Labute approximate surface area is 121 Å². The number of carbonyl (C=O) groups excluding carboxylic acids is 2. The van der Waals surface area contributed by atoms with Crippen molar-refractivity contribution in [1.82, 2.24) is 10.6 Å². The lowest BCUT2D eigenvalue weighted by atomic mass is 10.2. The first-order valence-electron chi connectivity index (χ1n) is 6.62. The molecule has 0 spiro atoms. The zero-order valence-electron chi connectivity index (χ0n) is 11.7. The molecular weight excluding hydrogens is 282 g/mol. The number of amides is 2. The van der Waals surface area contributed by atoms with Gasteiger partial charge in [0.05, 0.1) is 18.2 Å². The van der Waals surface area contributed by atoms with Gasteiger partial charge >= 0.3 is 0 Å². The van der Waals surface area contributed by atoms with E-state index in [1.54, 1.807) is 0 Å². The molecule has 5 nitrogen and oxygen atoms in total. The molecule has 0 aliphatic rings. The topological polar surface area (TPSA) is 78.4 Å². The van der Waals surface area contributed by atoms with Crippen LogP contribution >= 0.6 is 0 Å². The Balaban J connectivity index is 2.40. The maximum Gasteiger partial charge on any atom is 0.254 e. The zero-order valence-corrected chi connectivity index (χ0v) is 11.7. The van der Waals surface area contributed by atoms with Gasteiger partial charge in [-0.05, 0) is 18.6 Å². The molecule has 1 unspecified atom stereocenters. The van der Waals surface area contributed by atoms with Crippen LogP contribution in [0.3, 0.4) is 0 Å². The van der Waals surface area contributed by atoms with Crippen LogP contribution in [0.25, 0.3) is 0 Å². The molecular formula is C14H18F2N2O3. The van der Waals surface area contributed by atoms with Crippen LogP contribution in [0.4, 0.5) is 8.78 Å². The Kier molecular flexibility index (Phi) is 6.74. The van der Waals surface area contributed by atoms with Gasteiger partial charge in [-0.25, -0.2) is 8.78 Å². The SMILES string of the molecule is CCCC(O)CNC(=O)CNC(=O)c1ccc(F)cc1F. The summed E-state index contributed by atoms with van der Waals surface area (Å²) in [5.74, 6) is -3.09. The second-order valence-corrected chi connectivity index (χ2v) is 4.55. The van der Waals surface area contributed by atoms with Gasteiger partial charge in [0, 0.05) is 12.6 Å².